The number of nitrogens with zero attached hydrogens (tertiary/aromatic N) is 1. The highest BCUT2D eigenvalue weighted by Crippen LogP contribution is 2.29. The summed E-state index contributed by atoms with van der Waals surface area (Å²) in [6.07, 6.45) is 0.423. The number of fused-ring (bicyclic) bond motifs is 1. The molecule has 2 amide bonds. The second-order valence-electron chi connectivity index (χ2n) is 7.01. The lowest BCUT2D eigenvalue weighted by atomic mass is 9.99. The quantitative estimate of drug-likeness (QED) is 0.794. The van der Waals surface area contributed by atoms with Crippen molar-refractivity contribution in [3.05, 3.63) is 58.9 Å². The molecule has 29 heavy (non-hydrogen) atoms. The monoisotopic (exact) mass is 425 g/mol. The van der Waals surface area contributed by atoms with E-state index < -0.39 is 35.2 Å². The highest BCUT2D eigenvalue weighted by molar-refractivity contribution is 6.03. The van der Waals surface area contributed by atoms with E-state index in [1.54, 1.807) is 6.07 Å². The average Bonchev–Trinajstić information content (AvgIpc) is 3.05. The number of carbonyl (C=O) groups excluding carboxylic acids is 2. The van der Waals surface area contributed by atoms with Crippen LogP contribution < -0.4 is 15.5 Å². The van der Waals surface area contributed by atoms with E-state index in [9.17, 15) is 22.8 Å². The summed E-state index contributed by atoms with van der Waals surface area (Å²) in [5.41, 5.74) is 1.58. The first-order valence-corrected chi connectivity index (χ1v) is 9.00. The number of anilines is 2. The molecule has 0 saturated carbocycles. The first-order valence-electron chi connectivity index (χ1n) is 9.00. The van der Waals surface area contributed by atoms with E-state index in [1.807, 2.05) is 0 Å². The molecule has 1 unspecified atom stereocenters. The van der Waals surface area contributed by atoms with E-state index in [0.717, 1.165) is 17.7 Å². The van der Waals surface area contributed by atoms with Crippen LogP contribution in [0.2, 0.25) is 0 Å². The van der Waals surface area contributed by atoms with E-state index in [-0.39, 0.29) is 36.7 Å². The number of hydrogen-bond acceptors (Lipinski definition) is 3. The Bertz CT molecular complexity index is 950. The number of halogens is 4. The zero-order valence-corrected chi connectivity index (χ0v) is 16.1. The molecular weight excluding hydrogens is 407 g/mol. The average molecular weight is 426 g/mol. The van der Waals surface area contributed by atoms with Crippen molar-refractivity contribution < 1.29 is 22.8 Å². The largest absolute Gasteiger partial charge is 0.323 e. The van der Waals surface area contributed by atoms with E-state index in [4.69, 9.17) is 0 Å². The number of rotatable bonds is 3. The number of benzene rings is 2. The number of nitrogens with one attached hydrogen (secondary N) is 2. The standard InChI is InChI=1S/C20H18F3N3O2.ClH/c21-13-6-14(22)8-15(7-13)26-10-12(5-18(26)27)20(28)25-17-2-1-11-9-24-4-3-16(11)19(17)23;/h1-2,6-8,12,24H,3-5,9-10H2,(H,25,28);1H. The van der Waals surface area contributed by atoms with Gasteiger partial charge in [0, 0.05) is 31.3 Å². The highest BCUT2D eigenvalue weighted by atomic mass is 35.5. The van der Waals surface area contributed by atoms with Gasteiger partial charge in [-0.3, -0.25) is 9.59 Å². The zero-order chi connectivity index (χ0) is 19.8. The topological polar surface area (TPSA) is 61.4 Å². The Balaban J connectivity index is 0.00000240. The molecule has 0 aliphatic carbocycles. The highest BCUT2D eigenvalue weighted by Gasteiger charge is 2.36. The van der Waals surface area contributed by atoms with Crippen LogP contribution in [0, 0.1) is 23.4 Å². The molecule has 1 atom stereocenters. The molecule has 0 spiro atoms. The fraction of sp³-hybridized carbons (Fsp3) is 0.300. The first-order chi connectivity index (χ1) is 13.4. The number of hydrogen-bond donors (Lipinski definition) is 2. The van der Waals surface area contributed by atoms with Crippen LogP contribution in [-0.2, 0) is 22.6 Å². The Kier molecular flexibility index (Phi) is 6.14. The lowest BCUT2D eigenvalue weighted by Crippen LogP contribution is -2.29. The van der Waals surface area contributed by atoms with Gasteiger partial charge in [-0.1, -0.05) is 6.07 Å². The van der Waals surface area contributed by atoms with Crippen LogP contribution >= 0.6 is 12.4 Å². The van der Waals surface area contributed by atoms with Crippen LogP contribution in [0.1, 0.15) is 17.5 Å². The Morgan fingerprint density at radius 1 is 1.14 bits per heavy atom. The van der Waals surface area contributed by atoms with Crippen LogP contribution in [0.3, 0.4) is 0 Å². The van der Waals surface area contributed by atoms with Gasteiger partial charge in [-0.15, -0.1) is 12.4 Å². The summed E-state index contributed by atoms with van der Waals surface area (Å²) in [5, 5.41) is 5.71. The Labute approximate surface area is 171 Å². The Morgan fingerprint density at radius 3 is 2.59 bits per heavy atom. The molecule has 2 heterocycles. The van der Waals surface area contributed by atoms with E-state index in [0.29, 0.717) is 31.1 Å². The minimum absolute atomic E-state index is 0. The van der Waals surface area contributed by atoms with Crippen LogP contribution in [0.5, 0.6) is 0 Å². The van der Waals surface area contributed by atoms with Crippen LogP contribution in [0.15, 0.2) is 30.3 Å². The minimum Gasteiger partial charge on any atom is -0.323 e. The molecule has 2 aliphatic rings. The second-order valence-corrected chi connectivity index (χ2v) is 7.01. The second kappa shape index (κ2) is 8.42. The van der Waals surface area contributed by atoms with Crippen molar-refractivity contribution >= 4 is 35.6 Å². The molecule has 2 aromatic carbocycles. The molecule has 0 bridgehead atoms. The van der Waals surface area contributed by atoms with Crippen molar-refractivity contribution in [1.29, 1.82) is 0 Å². The van der Waals surface area contributed by atoms with Gasteiger partial charge in [-0.2, -0.15) is 0 Å². The summed E-state index contributed by atoms with van der Waals surface area (Å²) in [7, 11) is 0. The maximum absolute atomic E-state index is 14.7. The third-order valence-corrected chi connectivity index (χ3v) is 5.12. The summed E-state index contributed by atoms with van der Waals surface area (Å²) in [4.78, 5) is 26.0. The SMILES string of the molecule is Cl.O=C(Nc1ccc2c(c1F)CCNC2)C1CC(=O)N(c2cc(F)cc(F)c2)C1. The normalized spacial score (nSPS) is 18.2. The third-order valence-electron chi connectivity index (χ3n) is 5.12. The summed E-state index contributed by atoms with van der Waals surface area (Å²) >= 11 is 0. The van der Waals surface area contributed by atoms with Crippen molar-refractivity contribution in [3.63, 3.8) is 0 Å². The predicted molar refractivity (Wildman–Crippen MR) is 105 cm³/mol. The first kappa shape index (κ1) is 21.1. The molecule has 4 rings (SSSR count). The van der Waals surface area contributed by atoms with E-state index in [1.165, 1.54) is 11.0 Å². The van der Waals surface area contributed by atoms with Crippen molar-refractivity contribution in [1.82, 2.24) is 5.32 Å². The van der Waals surface area contributed by atoms with Crippen molar-refractivity contribution in [2.75, 3.05) is 23.3 Å². The fourth-order valence-corrected chi connectivity index (χ4v) is 3.69. The Hall–Kier alpha value is -2.58. The number of amides is 2. The van der Waals surface area contributed by atoms with Crippen molar-refractivity contribution in [3.8, 4) is 0 Å². The van der Waals surface area contributed by atoms with E-state index in [2.05, 4.69) is 10.6 Å². The molecule has 9 heteroatoms. The van der Waals surface area contributed by atoms with Gasteiger partial charge in [0.2, 0.25) is 11.8 Å². The van der Waals surface area contributed by atoms with Gasteiger partial charge >= 0.3 is 0 Å². The zero-order valence-electron chi connectivity index (χ0n) is 15.3. The fourth-order valence-electron chi connectivity index (χ4n) is 3.69. The Morgan fingerprint density at radius 2 is 1.86 bits per heavy atom. The van der Waals surface area contributed by atoms with Crippen LogP contribution in [0.4, 0.5) is 24.5 Å². The molecule has 0 radical (unpaired) electrons. The minimum atomic E-state index is -0.804. The smallest absolute Gasteiger partial charge is 0.229 e. The van der Waals surface area contributed by atoms with E-state index >= 15 is 0 Å². The third kappa shape index (κ3) is 4.23. The van der Waals surface area contributed by atoms with Crippen LogP contribution in [0.25, 0.3) is 0 Å². The van der Waals surface area contributed by atoms with Gasteiger partial charge in [-0.05, 0) is 42.3 Å². The van der Waals surface area contributed by atoms with Gasteiger partial charge in [0.25, 0.3) is 0 Å². The van der Waals surface area contributed by atoms with Crippen molar-refractivity contribution in [2.24, 2.45) is 5.92 Å². The maximum Gasteiger partial charge on any atom is 0.229 e. The summed E-state index contributed by atoms with van der Waals surface area (Å²) in [6.45, 7) is 1.22. The van der Waals surface area contributed by atoms with Gasteiger partial charge < -0.3 is 15.5 Å². The maximum atomic E-state index is 14.7. The van der Waals surface area contributed by atoms with Gasteiger partial charge in [0.1, 0.15) is 17.5 Å². The molecule has 2 N–H and O–H groups in total. The van der Waals surface area contributed by atoms with Gasteiger partial charge in [0.15, 0.2) is 0 Å². The molecule has 1 fully saturated rings. The summed E-state index contributed by atoms with van der Waals surface area (Å²) in [6, 6.07) is 6.07. The molecule has 154 valence electrons. The lowest BCUT2D eigenvalue weighted by molar-refractivity contribution is -0.122. The summed E-state index contributed by atoms with van der Waals surface area (Å²) in [5.74, 6) is -3.72. The molecule has 2 aromatic rings. The summed E-state index contributed by atoms with van der Waals surface area (Å²) < 4.78 is 41.6. The lowest BCUT2D eigenvalue weighted by Gasteiger charge is -2.20. The molecular formula is C20H19ClF3N3O2. The molecule has 2 aliphatic heterocycles. The number of carbonyl (C=O) groups is 2. The predicted octanol–water partition coefficient (Wildman–Crippen LogP) is 3.16. The molecule has 5 nitrogen and oxygen atoms in total. The van der Waals surface area contributed by atoms with Gasteiger partial charge in [0.05, 0.1) is 11.6 Å². The van der Waals surface area contributed by atoms with Crippen LogP contribution in [-0.4, -0.2) is 24.9 Å². The van der Waals surface area contributed by atoms with Gasteiger partial charge in [-0.25, -0.2) is 13.2 Å². The molecule has 1 saturated heterocycles. The van der Waals surface area contributed by atoms with Crippen molar-refractivity contribution in [2.45, 2.75) is 19.4 Å². The molecule has 0 aromatic heterocycles.